The molecule has 146 valence electrons. The Kier molecular flexibility index (Phi) is 5.18. The number of carbonyl (C=O) groups is 1. The number of fused-ring (bicyclic) bond motifs is 1. The molecule has 5 nitrogen and oxygen atoms in total. The first kappa shape index (κ1) is 19.0. The van der Waals surface area contributed by atoms with E-state index in [9.17, 15) is 9.59 Å². The quantitative estimate of drug-likeness (QED) is 0.417. The van der Waals surface area contributed by atoms with Crippen LogP contribution in [0.4, 0.5) is 0 Å². The van der Waals surface area contributed by atoms with Crippen molar-refractivity contribution >= 4 is 28.1 Å². The maximum atomic E-state index is 13.1. The van der Waals surface area contributed by atoms with Crippen LogP contribution in [0.15, 0.2) is 69.2 Å². The lowest BCUT2D eigenvalue weighted by Gasteiger charge is -2.12. The Bertz CT molecular complexity index is 1220. The number of Topliss-reactive ketones (excluding diaryl/α,β-unsaturated/α-hetero) is 1. The summed E-state index contributed by atoms with van der Waals surface area (Å²) >= 11 is 1.33. The van der Waals surface area contributed by atoms with Gasteiger partial charge >= 0.3 is 0 Å². The van der Waals surface area contributed by atoms with Crippen molar-refractivity contribution in [3.63, 3.8) is 0 Å². The molecular formula is C23H18O5S. The predicted molar refractivity (Wildman–Crippen MR) is 113 cm³/mol. The summed E-state index contributed by atoms with van der Waals surface area (Å²) < 4.78 is 17.0. The fourth-order valence-electron chi connectivity index (χ4n) is 2.99. The number of carbonyl (C=O) groups excluding carboxylic acids is 1. The van der Waals surface area contributed by atoms with Gasteiger partial charge in [0.1, 0.15) is 11.3 Å². The van der Waals surface area contributed by atoms with Crippen LogP contribution in [0.25, 0.3) is 22.3 Å². The van der Waals surface area contributed by atoms with E-state index in [0.717, 1.165) is 5.56 Å². The SMILES string of the molecule is COc1ccc(-c2oc3cc(C)ccc3c(=O)c2OCC(=O)c2cccs2)cc1. The van der Waals surface area contributed by atoms with E-state index in [1.165, 1.54) is 11.3 Å². The minimum absolute atomic E-state index is 0.0245. The molecule has 0 saturated carbocycles. The number of aryl methyl sites for hydroxylation is 1. The van der Waals surface area contributed by atoms with Crippen LogP contribution in [-0.2, 0) is 0 Å². The van der Waals surface area contributed by atoms with Gasteiger partial charge in [-0.1, -0.05) is 12.1 Å². The molecule has 4 rings (SSSR count). The van der Waals surface area contributed by atoms with Gasteiger partial charge in [0.2, 0.25) is 17.0 Å². The Hall–Kier alpha value is -3.38. The van der Waals surface area contributed by atoms with Crippen molar-refractivity contribution in [3.8, 4) is 22.8 Å². The zero-order chi connectivity index (χ0) is 20.4. The van der Waals surface area contributed by atoms with E-state index in [1.807, 2.05) is 24.4 Å². The number of benzene rings is 2. The summed E-state index contributed by atoms with van der Waals surface area (Å²) in [5.74, 6) is 0.804. The highest BCUT2D eigenvalue weighted by atomic mass is 32.1. The number of hydrogen-bond donors (Lipinski definition) is 0. The van der Waals surface area contributed by atoms with Crippen molar-refractivity contribution in [1.82, 2.24) is 0 Å². The van der Waals surface area contributed by atoms with E-state index < -0.39 is 0 Å². The van der Waals surface area contributed by atoms with Gasteiger partial charge in [-0.25, -0.2) is 0 Å². The first-order valence-corrected chi connectivity index (χ1v) is 9.86. The standard InChI is InChI=1S/C23H18O5S/c1-14-5-10-17-19(12-14)28-22(15-6-8-16(26-2)9-7-15)23(21(17)25)27-13-18(24)20-4-3-11-29-20/h3-12H,13H2,1-2H3. The molecular weight excluding hydrogens is 388 g/mol. The van der Waals surface area contributed by atoms with Crippen molar-refractivity contribution in [1.29, 1.82) is 0 Å². The Morgan fingerprint density at radius 2 is 1.90 bits per heavy atom. The van der Waals surface area contributed by atoms with Crippen LogP contribution in [0.5, 0.6) is 11.5 Å². The van der Waals surface area contributed by atoms with Gasteiger partial charge < -0.3 is 13.9 Å². The van der Waals surface area contributed by atoms with Gasteiger partial charge in [-0.2, -0.15) is 0 Å². The second kappa shape index (κ2) is 7.93. The summed E-state index contributed by atoms with van der Waals surface area (Å²) in [6.07, 6.45) is 0. The normalized spacial score (nSPS) is 10.8. The zero-order valence-electron chi connectivity index (χ0n) is 15.9. The molecule has 0 spiro atoms. The average Bonchev–Trinajstić information content (AvgIpc) is 3.27. The van der Waals surface area contributed by atoms with Gasteiger partial charge in [0.25, 0.3) is 0 Å². The van der Waals surface area contributed by atoms with Gasteiger partial charge in [0.05, 0.1) is 17.4 Å². The maximum absolute atomic E-state index is 13.1. The van der Waals surface area contributed by atoms with Crippen LogP contribution in [-0.4, -0.2) is 19.5 Å². The van der Waals surface area contributed by atoms with Crippen LogP contribution in [0, 0.1) is 6.92 Å². The first-order valence-electron chi connectivity index (χ1n) is 8.98. The van der Waals surface area contributed by atoms with Gasteiger partial charge in [0, 0.05) is 5.56 Å². The molecule has 0 fully saturated rings. The van der Waals surface area contributed by atoms with Gasteiger partial charge in [-0.15, -0.1) is 11.3 Å². The summed E-state index contributed by atoms with van der Waals surface area (Å²) in [6.45, 7) is 1.68. The maximum Gasteiger partial charge on any atom is 0.235 e. The number of hydrogen-bond acceptors (Lipinski definition) is 6. The third-order valence-electron chi connectivity index (χ3n) is 4.50. The topological polar surface area (TPSA) is 65.7 Å². The van der Waals surface area contributed by atoms with Crippen molar-refractivity contribution in [2.75, 3.05) is 13.7 Å². The van der Waals surface area contributed by atoms with Crippen LogP contribution in [0.1, 0.15) is 15.2 Å². The molecule has 0 atom stereocenters. The molecule has 0 radical (unpaired) electrons. The highest BCUT2D eigenvalue weighted by Gasteiger charge is 2.19. The summed E-state index contributed by atoms with van der Waals surface area (Å²) in [4.78, 5) is 26.1. The number of ether oxygens (including phenoxy) is 2. The van der Waals surface area contributed by atoms with Crippen LogP contribution in [0.2, 0.25) is 0 Å². The summed E-state index contributed by atoms with van der Waals surface area (Å²) in [7, 11) is 1.58. The van der Waals surface area contributed by atoms with E-state index in [-0.39, 0.29) is 29.3 Å². The molecule has 29 heavy (non-hydrogen) atoms. The highest BCUT2D eigenvalue weighted by Crippen LogP contribution is 2.32. The number of thiophene rings is 1. The van der Waals surface area contributed by atoms with Gasteiger partial charge in [-0.05, 0) is 60.3 Å². The lowest BCUT2D eigenvalue weighted by molar-refractivity contribution is 0.0924. The molecule has 0 saturated heterocycles. The molecule has 2 aromatic heterocycles. The van der Waals surface area contributed by atoms with E-state index in [2.05, 4.69) is 0 Å². The summed E-state index contributed by atoms with van der Waals surface area (Å²) in [5, 5.41) is 2.23. The predicted octanol–water partition coefficient (Wildman–Crippen LogP) is 5.10. The molecule has 0 unspecified atom stereocenters. The Balaban J connectivity index is 1.81. The molecule has 4 aromatic rings. The second-order valence-electron chi connectivity index (χ2n) is 6.51. The Labute approximate surface area is 171 Å². The average molecular weight is 406 g/mol. The van der Waals surface area contributed by atoms with Crippen molar-refractivity contribution in [2.24, 2.45) is 0 Å². The van der Waals surface area contributed by atoms with Crippen molar-refractivity contribution in [3.05, 3.63) is 80.6 Å². The molecule has 0 aliphatic rings. The smallest absolute Gasteiger partial charge is 0.235 e. The number of rotatable bonds is 6. The Morgan fingerprint density at radius 3 is 2.59 bits per heavy atom. The highest BCUT2D eigenvalue weighted by molar-refractivity contribution is 7.12. The number of methoxy groups -OCH3 is 1. The third kappa shape index (κ3) is 3.79. The molecule has 0 N–H and O–H groups in total. The number of ketones is 1. The first-order chi connectivity index (χ1) is 14.1. The monoisotopic (exact) mass is 406 g/mol. The zero-order valence-corrected chi connectivity index (χ0v) is 16.7. The van der Waals surface area contributed by atoms with Crippen LogP contribution in [0.3, 0.4) is 0 Å². The van der Waals surface area contributed by atoms with E-state index in [4.69, 9.17) is 13.9 Å². The van der Waals surface area contributed by atoms with Crippen LogP contribution >= 0.6 is 11.3 Å². The Morgan fingerprint density at radius 1 is 1.10 bits per heavy atom. The van der Waals surface area contributed by atoms with Gasteiger partial charge in [-0.3, -0.25) is 9.59 Å². The van der Waals surface area contributed by atoms with E-state index >= 15 is 0 Å². The van der Waals surface area contributed by atoms with E-state index in [1.54, 1.807) is 49.6 Å². The fourth-order valence-corrected chi connectivity index (χ4v) is 3.64. The van der Waals surface area contributed by atoms with E-state index in [0.29, 0.717) is 27.2 Å². The lowest BCUT2D eigenvalue weighted by Crippen LogP contribution is -2.16. The lowest BCUT2D eigenvalue weighted by atomic mass is 10.1. The molecule has 0 aliphatic heterocycles. The molecule has 6 heteroatoms. The molecule has 0 bridgehead atoms. The molecule has 0 amide bonds. The van der Waals surface area contributed by atoms with Crippen molar-refractivity contribution in [2.45, 2.75) is 6.92 Å². The molecule has 2 heterocycles. The van der Waals surface area contributed by atoms with Crippen molar-refractivity contribution < 1.29 is 18.7 Å². The summed E-state index contributed by atoms with van der Waals surface area (Å²) in [5.41, 5.74) is 1.79. The molecule has 2 aromatic carbocycles. The third-order valence-corrected chi connectivity index (χ3v) is 5.41. The minimum atomic E-state index is -0.309. The van der Waals surface area contributed by atoms with Gasteiger partial charge in [0.15, 0.2) is 12.4 Å². The van der Waals surface area contributed by atoms with Crippen LogP contribution < -0.4 is 14.9 Å². The fraction of sp³-hybridized carbons (Fsp3) is 0.130. The largest absolute Gasteiger partial charge is 0.497 e. The minimum Gasteiger partial charge on any atom is -0.497 e. The second-order valence-corrected chi connectivity index (χ2v) is 7.45. The summed E-state index contributed by atoms with van der Waals surface area (Å²) in [6, 6.07) is 16.0. The molecule has 0 aliphatic carbocycles.